The first-order valence-corrected chi connectivity index (χ1v) is 6.96. The molecular weight excluding hydrogens is 274 g/mol. The molecule has 0 bridgehead atoms. The van der Waals surface area contributed by atoms with E-state index < -0.39 is 18.1 Å². The van der Waals surface area contributed by atoms with Gasteiger partial charge in [0.25, 0.3) is 0 Å². The SMILES string of the molecule is O=C(O)[C@@H]1C[C@H]2COC[C@H]2N1C(=O)OCc1ccccc1. The average Bonchev–Trinajstić information content (AvgIpc) is 3.06. The third kappa shape index (κ3) is 2.71. The Hall–Kier alpha value is -2.08. The molecule has 6 heteroatoms. The second-order valence-electron chi connectivity index (χ2n) is 5.40. The summed E-state index contributed by atoms with van der Waals surface area (Å²) in [5, 5.41) is 9.28. The van der Waals surface area contributed by atoms with Crippen molar-refractivity contribution in [2.75, 3.05) is 13.2 Å². The van der Waals surface area contributed by atoms with Gasteiger partial charge in [-0.25, -0.2) is 9.59 Å². The van der Waals surface area contributed by atoms with Crippen LogP contribution in [-0.2, 0) is 20.9 Å². The molecule has 3 atom stereocenters. The van der Waals surface area contributed by atoms with Crippen LogP contribution in [0.5, 0.6) is 0 Å². The summed E-state index contributed by atoms with van der Waals surface area (Å²) in [4.78, 5) is 24.9. The van der Waals surface area contributed by atoms with Crippen molar-refractivity contribution < 1.29 is 24.2 Å². The van der Waals surface area contributed by atoms with Gasteiger partial charge in [0.2, 0.25) is 0 Å². The van der Waals surface area contributed by atoms with E-state index in [9.17, 15) is 14.7 Å². The summed E-state index contributed by atoms with van der Waals surface area (Å²) in [6.45, 7) is 1.03. The average molecular weight is 291 g/mol. The van der Waals surface area contributed by atoms with Crippen molar-refractivity contribution >= 4 is 12.1 Å². The third-order valence-corrected chi connectivity index (χ3v) is 4.08. The molecule has 21 heavy (non-hydrogen) atoms. The molecule has 0 aromatic heterocycles. The van der Waals surface area contributed by atoms with Gasteiger partial charge in [0.05, 0.1) is 19.3 Å². The molecule has 6 nitrogen and oxygen atoms in total. The van der Waals surface area contributed by atoms with Crippen molar-refractivity contribution in [3.63, 3.8) is 0 Å². The van der Waals surface area contributed by atoms with Gasteiger partial charge >= 0.3 is 12.1 Å². The molecule has 1 N–H and O–H groups in total. The Kier molecular flexibility index (Phi) is 3.79. The molecular formula is C15H17NO5. The van der Waals surface area contributed by atoms with Crippen LogP contribution in [0.15, 0.2) is 30.3 Å². The number of amides is 1. The first kappa shape index (κ1) is 13.9. The van der Waals surface area contributed by atoms with Crippen LogP contribution in [0.4, 0.5) is 4.79 Å². The minimum Gasteiger partial charge on any atom is -0.480 e. The molecule has 0 saturated carbocycles. The molecule has 0 spiro atoms. The van der Waals surface area contributed by atoms with E-state index in [1.165, 1.54) is 4.90 Å². The number of hydrogen-bond donors (Lipinski definition) is 1. The second-order valence-corrected chi connectivity index (χ2v) is 5.40. The maximum atomic E-state index is 12.3. The summed E-state index contributed by atoms with van der Waals surface area (Å²) in [5.74, 6) is -0.892. The number of hydrogen-bond acceptors (Lipinski definition) is 4. The van der Waals surface area contributed by atoms with Crippen LogP contribution < -0.4 is 0 Å². The monoisotopic (exact) mass is 291 g/mol. The van der Waals surface area contributed by atoms with E-state index in [4.69, 9.17) is 9.47 Å². The summed E-state index contributed by atoms with van der Waals surface area (Å²) < 4.78 is 10.6. The number of fused-ring (bicyclic) bond motifs is 1. The fourth-order valence-electron chi connectivity index (χ4n) is 3.03. The normalized spacial score (nSPS) is 27.4. The summed E-state index contributed by atoms with van der Waals surface area (Å²) in [6, 6.07) is 8.31. The first-order valence-electron chi connectivity index (χ1n) is 6.96. The van der Waals surface area contributed by atoms with Gasteiger partial charge < -0.3 is 14.6 Å². The quantitative estimate of drug-likeness (QED) is 0.913. The van der Waals surface area contributed by atoms with Crippen LogP contribution in [-0.4, -0.2) is 47.4 Å². The first-order chi connectivity index (χ1) is 10.2. The van der Waals surface area contributed by atoms with Gasteiger partial charge in [-0.15, -0.1) is 0 Å². The molecule has 112 valence electrons. The maximum Gasteiger partial charge on any atom is 0.411 e. The third-order valence-electron chi connectivity index (χ3n) is 4.08. The van der Waals surface area contributed by atoms with E-state index in [0.29, 0.717) is 19.6 Å². The van der Waals surface area contributed by atoms with E-state index in [1.54, 1.807) is 0 Å². The lowest BCUT2D eigenvalue weighted by molar-refractivity contribution is -0.142. The molecule has 0 aliphatic carbocycles. The molecule has 2 aliphatic rings. The highest BCUT2D eigenvalue weighted by atomic mass is 16.6. The van der Waals surface area contributed by atoms with Crippen LogP contribution in [0, 0.1) is 5.92 Å². The molecule has 1 amide bonds. The Morgan fingerprint density at radius 2 is 2.05 bits per heavy atom. The standard InChI is InChI=1S/C15H17NO5/c17-14(18)12-6-11-8-20-9-13(11)16(12)15(19)21-7-10-4-2-1-3-5-10/h1-5,11-13H,6-9H2,(H,17,18)/t11-,12-,13+/m0/s1. The van der Waals surface area contributed by atoms with Crippen molar-refractivity contribution in [3.8, 4) is 0 Å². The predicted octanol–water partition coefficient (Wildman–Crippen LogP) is 1.50. The highest BCUT2D eigenvalue weighted by molar-refractivity contribution is 5.81. The largest absolute Gasteiger partial charge is 0.480 e. The van der Waals surface area contributed by atoms with E-state index in [1.807, 2.05) is 30.3 Å². The highest BCUT2D eigenvalue weighted by Gasteiger charge is 2.50. The zero-order valence-corrected chi connectivity index (χ0v) is 11.5. The number of aliphatic carboxylic acids is 1. The summed E-state index contributed by atoms with van der Waals surface area (Å²) in [6.07, 6.45) is -0.148. The van der Waals surface area contributed by atoms with Crippen molar-refractivity contribution in [2.45, 2.75) is 25.1 Å². The number of carboxylic acid groups (broad SMARTS) is 1. The van der Waals surface area contributed by atoms with Crippen LogP contribution in [0.25, 0.3) is 0 Å². The molecule has 2 aliphatic heterocycles. The number of benzene rings is 1. The molecule has 0 unspecified atom stereocenters. The Morgan fingerprint density at radius 3 is 2.76 bits per heavy atom. The molecule has 1 aromatic rings. The predicted molar refractivity (Wildman–Crippen MR) is 72.6 cm³/mol. The van der Waals surface area contributed by atoms with E-state index in [0.717, 1.165) is 5.56 Å². The van der Waals surface area contributed by atoms with Crippen molar-refractivity contribution in [1.29, 1.82) is 0 Å². The van der Waals surface area contributed by atoms with Gasteiger partial charge in [-0.3, -0.25) is 4.90 Å². The second kappa shape index (κ2) is 5.73. The van der Waals surface area contributed by atoms with Gasteiger partial charge in [0, 0.05) is 5.92 Å². The van der Waals surface area contributed by atoms with Crippen molar-refractivity contribution in [2.24, 2.45) is 5.92 Å². The number of likely N-dealkylation sites (tertiary alicyclic amines) is 1. The highest BCUT2D eigenvalue weighted by Crippen LogP contribution is 2.35. The van der Waals surface area contributed by atoms with Gasteiger partial charge in [0.1, 0.15) is 12.6 Å². The molecule has 2 heterocycles. The van der Waals surface area contributed by atoms with Crippen molar-refractivity contribution in [3.05, 3.63) is 35.9 Å². The van der Waals surface area contributed by atoms with Gasteiger partial charge in [0.15, 0.2) is 0 Å². The fourth-order valence-corrected chi connectivity index (χ4v) is 3.03. The van der Waals surface area contributed by atoms with E-state index in [2.05, 4.69) is 0 Å². The lowest BCUT2D eigenvalue weighted by Crippen LogP contribution is -2.46. The number of nitrogens with zero attached hydrogens (tertiary/aromatic N) is 1. The van der Waals surface area contributed by atoms with Crippen LogP contribution in [0.2, 0.25) is 0 Å². The molecule has 2 saturated heterocycles. The van der Waals surface area contributed by atoms with E-state index in [-0.39, 0.29) is 18.6 Å². The van der Waals surface area contributed by atoms with Crippen LogP contribution >= 0.6 is 0 Å². The Morgan fingerprint density at radius 1 is 1.29 bits per heavy atom. The van der Waals surface area contributed by atoms with E-state index >= 15 is 0 Å². The molecule has 0 radical (unpaired) electrons. The Labute approximate surface area is 122 Å². The summed E-state index contributed by atoms with van der Waals surface area (Å²) in [5.41, 5.74) is 0.871. The molecule has 2 fully saturated rings. The summed E-state index contributed by atoms with van der Waals surface area (Å²) in [7, 11) is 0. The lowest BCUT2D eigenvalue weighted by Gasteiger charge is -2.26. The molecule has 3 rings (SSSR count). The lowest BCUT2D eigenvalue weighted by atomic mass is 10.0. The zero-order valence-electron chi connectivity index (χ0n) is 11.5. The van der Waals surface area contributed by atoms with Crippen molar-refractivity contribution in [1.82, 2.24) is 4.90 Å². The minimum absolute atomic E-state index is 0.0929. The summed E-state index contributed by atoms with van der Waals surface area (Å²) >= 11 is 0. The Balaban J connectivity index is 1.68. The number of carbonyl (C=O) groups is 2. The molecule has 1 aromatic carbocycles. The van der Waals surface area contributed by atoms with Gasteiger partial charge in [-0.05, 0) is 12.0 Å². The number of ether oxygens (including phenoxy) is 2. The van der Waals surface area contributed by atoms with Gasteiger partial charge in [-0.1, -0.05) is 30.3 Å². The Bertz CT molecular complexity index is 532. The maximum absolute atomic E-state index is 12.3. The number of carboxylic acids is 1. The topological polar surface area (TPSA) is 76.1 Å². The minimum atomic E-state index is -0.985. The number of rotatable bonds is 3. The van der Waals surface area contributed by atoms with Gasteiger partial charge in [-0.2, -0.15) is 0 Å². The zero-order chi connectivity index (χ0) is 14.8. The van der Waals surface area contributed by atoms with Crippen LogP contribution in [0.3, 0.4) is 0 Å². The fraction of sp³-hybridized carbons (Fsp3) is 0.467. The van der Waals surface area contributed by atoms with Crippen LogP contribution in [0.1, 0.15) is 12.0 Å². The number of carbonyl (C=O) groups excluding carboxylic acids is 1. The smallest absolute Gasteiger partial charge is 0.411 e.